The minimum absolute atomic E-state index is 0. The number of benzene rings is 2. The van der Waals surface area contributed by atoms with E-state index >= 15 is 0 Å². The zero-order valence-electron chi connectivity index (χ0n) is 18.6. The Morgan fingerprint density at radius 3 is 2.73 bits per heavy atom. The van der Waals surface area contributed by atoms with Crippen LogP contribution in [-0.4, -0.2) is 40.5 Å². The molecule has 6 nitrogen and oxygen atoms in total. The molecule has 0 amide bonds. The number of nitrogens with zero attached hydrogens (tertiary/aromatic N) is 4. The van der Waals surface area contributed by atoms with E-state index in [9.17, 15) is 0 Å². The number of aromatic nitrogens is 2. The van der Waals surface area contributed by atoms with Crippen LogP contribution in [0.5, 0.6) is 5.75 Å². The summed E-state index contributed by atoms with van der Waals surface area (Å²) >= 11 is 0. The molecule has 0 radical (unpaired) electrons. The van der Waals surface area contributed by atoms with Crippen molar-refractivity contribution in [3.8, 4) is 11.4 Å². The number of rotatable bonds is 4. The van der Waals surface area contributed by atoms with E-state index in [2.05, 4.69) is 63.6 Å². The molecule has 0 bridgehead atoms. The number of piperidine rings is 1. The highest BCUT2D eigenvalue weighted by Crippen LogP contribution is 2.31. The second kappa shape index (κ2) is 9.94. The molecule has 3 aromatic rings. The van der Waals surface area contributed by atoms with E-state index in [0.717, 1.165) is 60.9 Å². The molecule has 2 aliphatic rings. The van der Waals surface area contributed by atoms with E-state index in [1.54, 1.807) is 7.11 Å². The van der Waals surface area contributed by atoms with Gasteiger partial charge in [0.1, 0.15) is 5.75 Å². The summed E-state index contributed by atoms with van der Waals surface area (Å²) < 4.78 is 7.67. The third-order valence-electron chi connectivity index (χ3n) is 6.09. The van der Waals surface area contributed by atoms with Crippen LogP contribution in [-0.2, 0) is 4.84 Å². The predicted molar refractivity (Wildman–Crippen MR) is 133 cm³/mol. The van der Waals surface area contributed by atoms with Crippen molar-refractivity contribution in [1.29, 1.82) is 0 Å². The first-order chi connectivity index (χ1) is 15.7. The normalized spacial score (nSPS) is 19.1. The van der Waals surface area contributed by atoms with Crippen molar-refractivity contribution in [3.63, 3.8) is 0 Å². The second-order valence-electron chi connectivity index (χ2n) is 8.32. The number of oxime groups is 1. The number of ether oxygens (including phenoxy) is 1. The number of methoxy groups -OCH3 is 1. The van der Waals surface area contributed by atoms with Crippen LogP contribution < -0.4 is 4.74 Å². The molecular formula is C27H32N4O2. The summed E-state index contributed by atoms with van der Waals surface area (Å²) in [5, 5.41) is 4.62. The fraction of sp³-hybridized carbons (Fsp3) is 0.333. The zero-order chi connectivity index (χ0) is 21.9. The molecule has 1 saturated heterocycles. The molecule has 0 aliphatic carbocycles. The summed E-state index contributed by atoms with van der Waals surface area (Å²) in [5.41, 5.74) is 5.42. The van der Waals surface area contributed by atoms with Crippen molar-refractivity contribution >= 4 is 11.9 Å². The second-order valence-corrected chi connectivity index (χ2v) is 8.32. The van der Waals surface area contributed by atoms with Gasteiger partial charge in [-0.25, -0.2) is 4.98 Å². The van der Waals surface area contributed by atoms with Crippen LogP contribution in [0, 0.1) is 6.92 Å². The van der Waals surface area contributed by atoms with Gasteiger partial charge in [-0.15, -0.1) is 0 Å². The number of aryl methyl sites for hydroxylation is 1. The van der Waals surface area contributed by atoms with Gasteiger partial charge in [0.2, 0.25) is 0 Å². The standard InChI is InChI=1S/C26H28N4O2.CH4/c1-19-17-30(18-27-19)23-11-10-20(16-25(23)31-2)15-22-9-6-13-29-14-12-24(32-28-26(22)29)21-7-4-3-5-8-21;/h3-5,7-8,10-11,15-18,24H,6,9,12-14H2,1-2H3;1H4/b22-15+;. The molecule has 1 atom stereocenters. The molecule has 1 fully saturated rings. The maximum Gasteiger partial charge on any atom is 0.171 e. The fourth-order valence-electron chi connectivity index (χ4n) is 4.44. The van der Waals surface area contributed by atoms with Crippen LogP contribution in [0.15, 0.2) is 71.8 Å². The van der Waals surface area contributed by atoms with Gasteiger partial charge >= 0.3 is 0 Å². The molecular weight excluding hydrogens is 412 g/mol. The Bertz CT molecular complexity index is 1150. The highest BCUT2D eigenvalue weighted by Gasteiger charge is 2.27. The lowest BCUT2D eigenvalue weighted by Gasteiger charge is -2.29. The quantitative estimate of drug-likeness (QED) is 0.512. The predicted octanol–water partition coefficient (Wildman–Crippen LogP) is 5.78. The van der Waals surface area contributed by atoms with Gasteiger partial charge in [-0.1, -0.05) is 49.0 Å². The highest BCUT2D eigenvalue weighted by atomic mass is 16.6. The average Bonchev–Trinajstić information content (AvgIpc) is 3.13. The van der Waals surface area contributed by atoms with Crippen molar-refractivity contribution < 1.29 is 9.57 Å². The van der Waals surface area contributed by atoms with Crippen molar-refractivity contribution in [2.24, 2.45) is 5.16 Å². The Morgan fingerprint density at radius 1 is 1.12 bits per heavy atom. The average molecular weight is 445 g/mol. The van der Waals surface area contributed by atoms with Gasteiger partial charge in [0.25, 0.3) is 0 Å². The first-order valence-corrected chi connectivity index (χ1v) is 11.1. The molecule has 172 valence electrons. The number of hydrogen-bond donors (Lipinski definition) is 0. The largest absolute Gasteiger partial charge is 0.495 e. The highest BCUT2D eigenvalue weighted by molar-refractivity contribution is 6.02. The van der Waals surface area contributed by atoms with Crippen molar-refractivity contribution in [2.75, 3.05) is 20.2 Å². The van der Waals surface area contributed by atoms with E-state index in [0.29, 0.717) is 0 Å². The maximum absolute atomic E-state index is 6.02. The lowest BCUT2D eigenvalue weighted by molar-refractivity contribution is 0.0576. The van der Waals surface area contributed by atoms with Crippen LogP contribution in [0.1, 0.15) is 49.6 Å². The van der Waals surface area contributed by atoms with Crippen LogP contribution >= 0.6 is 0 Å². The van der Waals surface area contributed by atoms with Gasteiger partial charge in [0, 0.05) is 25.7 Å². The molecule has 0 spiro atoms. The van der Waals surface area contributed by atoms with Crippen molar-refractivity contribution in [2.45, 2.75) is 39.7 Å². The zero-order valence-corrected chi connectivity index (χ0v) is 18.6. The minimum atomic E-state index is -0.00596. The third-order valence-corrected chi connectivity index (χ3v) is 6.09. The summed E-state index contributed by atoms with van der Waals surface area (Å²) in [5.74, 6) is 1.77. The molecule has 3 heterocycles. The number of imidazole rings is 1. The summed E-state index contributed by atoms with van der Waals surface area (Å²) in [6.07, 6.45) is 9.04. The lowest BCUT2D eigenvalue weighted by atomic mass is 9.99. The molecule has 1 aromatic heterocycles. The SMILES string of the molecule is C.COc1cc(/C=C2\CCCN3CCC(c4ccccc4)ON=C23)ccc1-n1cnc(C)c1. The minimum Gasteiger partial charge on any atom is -0.495 e. The van der Waals surface area contributed by atoms with Gasteiger partial charge < -0.3 is 19.0 Å². The van der Waals surface area contributed by atoms with Gasteiger partial charge in [-0.2, -0.15) is 0 Å². The van der Waals surface area contributed by atoms with E-state index in [1.165, 1.54) is 11.1 Å². The van der Waals surface area contributed by atoms with E-state index in [-0.39, 0.29) is 13.5 Å². The third kappa shape index (κ3) is 4.80. The van der Waals surface area contributed by atoms with Crippen LogP contribution in [0.3, 0.4) is 0 Å². The summed E-state index contributed by atoms with van der Waals surface area (Å²) in [6, 6.07) is 16.6. The summed E-state index contributed by atoms with van der Waals surface area (Å²) in [7, 11) is 1.70. The molecule has 33 heavy (non-hydrogen) atoms. The smallest absolute Gasteiger partial charge is 0.171 e. The van der Waals surface area contributed by atoms with Gasteiger partial charge in [-0.3, -0.25) is 0 Å². The number of fused-ring (bicyclic) bond motifs is 1. The number of hydrogen-bond acceptors (Lipinski definition) is 5. The molecule has 5 rings (SSSR count). The monoisotopic (exact) mass is 444 g/mol. The van der Waals surface area contributed by atoms with Crippen LogP contribution in [0.2, 0.25) is 0 Å². The van der Waals surface area contributed by atoms with E-state index < -0.39 is 0 Å². The van der Waals surface area contributed by atoms with Crippen molar-refractivity contribution in [3.05, 3.63) is 83.4 Å². The molecule has 1 unspecified atom stereocenters. The van der Waals surface area contributed by atoms with Gasteiger partial charge in [0.05, 0.1) is 24.8 Å². The topological polar surface area (TPSA) is 51.9 Å². The fourth-order valence-corrected chi connectivity index (χ4v) is 4.44. The maximum atomic E-state index is 6.02. The Kier molecular flexibility index (Phi) is 6.82. The van der Waals surface area contributed by atoms with E-state index in [4.69, 9.17) is 9.57 Å². The van der Waals surface area contributed by atoms with Gasteiger partial charge in [-0.05, 0) is 54.7 Å². The van der Waals surface area contributed by atoms with Crippen LogP contribution in [0.25, 0.3) is 11.8 Å². The molecule has 2 aromatic carbocycles. The Morgan fingerprint density at radius 2 is 1.97 bits per heavy atom. The molecule has 0 saturated carbocycles. The van der Waals surface area contributed by atoms with Crippen LogP contribution in [0.4, 0.5) is 0 Å². The molecule has 6 heteroatoms. The first-order valence-electron chi connectivity index (χ1n) is 11.1. The van der Waals surface area contributed by atoms with E-state index in [1.807, 2.05) is 30.1 Å². The first kappa shape index (κ1) is 22.6. The van der Waals surface area contributed by atoms with Gasteiger partial charge in [0.15, 0.2) is 11.9 Å². The number of amidine groups is 1. The Labute approximate surface area is 196 Å². The Hall–Kier alpha value is -3.54. The Balaban J connectivity index is 0.00000259. The molecule has 0 N–H and O–H groups in total. The summed E-state index contributed by atoms with van der Waals surface area (Å²) in [6.45, 7) is 3.94. The summed E-state index contributed by atoms with van der Waals surface area (Å²) in [4.78, 5) is 12.7. The lowest BCUT2D eigenvalue weighted by Crippen LogP contribution is -2.37. The van der Waals surface area contributed by atoms with Crippen molar-refractivity contribution in [1.82, 2.24) is 14.5 Å². The molecule has 2 aliphatic heterocycles.